The molecule has 0 radical (unpaired) electrons. The van der Waals surface area contributed by atoms with Gasteiger partial charge >= 0.3 is 6.18 Å². The van der Waals surface area contributed by atoms with Gasteiger partial charge in [-0.1, -0.05) is 38.1 Å². The Kier molecular flexibility index (Phi) is 4.54. The zero-order valence-corrected chi connectivity index (χ0v) is 14.8. The number of benzene rings is 1. The van der Waals surface area contributed by atoms with E-state index in [1.807, 2.05) is 20.8 Å². The van der Waals surface area contributed by atoms with Gasteiger partial charge in [0, 0.05) is 18.4 Å². The van der Waals surface area contributed by atoms with Crippen molar-refractivity contribution < 1.29 is 22.5 Å². The molecular weight excluding hydrogens is 347 g/mol. The van der Waals surface area contributed by atoms with Gasteiger partial charge in [0.2, 0.25) is 11.8 Å². The first-order valence-corrected chi connectivity index (χ1v) is 8.35. The first-order chi connectivity index (χ1) is 12.1. The minimum atomic E-state index is -4.42. The fourth-order valence-corrected chi connectivity index (χ4v) is 2.91. The van der Waals surface area contributed by atoms with E-state index in [1.54, 1.807) is 6.07 Å². The van der Waals surface area contributed by atoms with Crippen LogP contribution in [0.15, 0.2) is 28.8 Å². The predicted molar refractivity (Wildman–Crippen MR) is 87.0 cm³/mol. The lowest BCUT2D eigenvalue weighted by Gasteiger charge is -2.22. The van der Waals surface area contributed by atoms with E-state index >= 15 is 0 Å². The summed E-state index contributed by atoms with van der Waals surface area (Å²) in [6, 6.07) is 4.59. The molecule has 0 N–H and O–H groups in total. The number of carbonyl (C=O) groups excluding carboxylic acids is 1. The fraction of sp³-hybridized carbons (Fsp3) is 0.500. The molecular formula is C18H20F3N3O2. The average Bonchev–Trinajstić information content (AvgIpc) is 3.14. The van der Waals surface area contributed by atoms with Crippen LogP contribution in [0.1, 0.15) is 62.5 Å². The quantitative estimate of drug-likeness (QED) is 0.814. The van der Waals surface area contributed by atoms with Gasteiger partial charge in [0.05, 0.1) is 5.56 Å². The van der Waals surface area contributed by atoms with Crippen LogP contribution in [0, 0.1) is 0 Å². The number of nitrogens with zero attached hydrogens (tertiary/aromatic N) is 3. The van der Waals surface area contributed by atoms with E-state index in [9.17, 15) is 18.0 Å². The molecule has 1 saturated heterocycles. The summed E-state index contributed by atoms with van der Waals surface area (Å²) in [5, 5.41) is 3.97. The summed E-state index contributed by atoms with van der Waals surface area (Å²) < 4.78 is 44.0. The topological polar surface area (TPSA) is 59.2 Å². The van der Waals surface area contributed by atoms with Gasteiger partial charge in [-0.2, -0.15) is 18.2 Å². The van der Waals surface area contributed by atoms with Crippen LogP contribution in [0.3, 0.4) is 0 Å². The van der Waals surface area contributed by atoms with Crippen molar-refractivity contribution in [2.45, 2.75) is 57.8 Å². The van der Waals surface area contributed by atoms with Crippen LogP contribution in [0.4, 0.5) is 13.2 Å². The molecule has 0 spiro atoms. The minimum absolute atomic E-state index is 0.0701. The van der Waals surface area contributed by atoms with Crippen molar-refractivity contribution in [3.63, 3.8) is 0 Å². The van der Waals surface area contributed by atoms with Crippen LogP contribution in [-0.2, 0) is 22.9 Å². The van der Waals surface area contributed by atoms with E-state index in [1.165, 1.54) is 11.0 Å². The summed E-state index contributed by atoms with van der Waals surface area (Å²) in [7, 11) is 0. The molecule has 0 bridgehead atoms. The lowest BCUT2D eigenvalue weighted by molar-refractivity contribution is -0.137. The average molecular weight is 367 g/mol. The maximum absolute atomic E-state index is 12.9. The minimum Gasteiger partial charge on any atom is -0.337 e. The second-order valence-corrected chi connectivity index (χ2v) is 7.48. The highest BCUT2D eigenvalue weighted by Crippen LogP contribution is 2.35. The number of aromatic nitrogens is 2. The van der Waals surface area contributed by atoms with E-state index < -0.39 is 17.8 Å². The Balaban J connectivity index is 1.84. The molecule has 2 aromatic rings. The standard InChI is InChI=1S/C18H20F3N3O2/c1-17(2,3)16-22-15(26-23-16)13-7-8-14(25)24(13)10-11-5-4-6-12(9-11)18(19,20)21/h4-6,9,13H,7-8,10H2,1-3H3. The van der Waals surface area contributed by atoms with Crippen molar-refractivity contribution in [2.24, 2.45) is 0 Å². The summed E-state index contributed by atoms with van der Waals surface area (Å²) >= 11 is 0. The third-order valence-corrected chi connectivity index (χ3v) is 4.33. The summed E-state index contributed by atoms with van der Waals surface area (Å²) in [5.41, 5.74) is -0.613. The molecule has 26 heavy (non-hydrogen) atoms. The molecule has 1 amide bonds. The van der Waals surface area contributed by atoms with E-state index in [2.05, 4.69) is 10.1 Å². The normalized spacial score (nSPS) is 18.6. The molecule has 140 valence electrons. The zero-order chi connectivity index (χ0) is 19.1. The second-order valence-electron chi connectivity index (χ2n) is 7.48. The molecule has 1 aromatic heterocycles. The number of alkyl halides is 3. The summed E-state index contributed by atoms with van der Waals surface area (Å²) in [4.78, 5) is 18.2. The molecule has 8 heteroatoms. The maximum Gasteiger partial charge on any atom is 0.416 e. The van der Waals surface area contributed by atoms with Gasteiger partial charge in [-0.05, 0) is 24.1 Å². The van der Waals surface area contributed by atoms with E-state index in [0.29, 0.717) is 30.1 Å². The van der Waals surface area contributed by atoms with Crippen LogP contribution in [0.25, 0.3) is 0 Å². The highest BCUT2D eigenvalue weighted by Gasteiger charge is 2.37. The first-order valence-electron chi connectivity index (χ1n) is 8.35. The van der Waals surface area contributed by atoms with Gasteiger partial charge in [-0.25, -0.2) is 0 Å². The molecule has 1 atom stereocenters. The summed E-state index contributed by atoms with van der Waals surface area (Å²) in [6.07, 6.45) is -3.61. The molecule has 5 nitrogen and oxygen atoms in total. The lowest BCUT2D eigenvalue weighted by Crippen LogP contribution is -2.27. The van der Waals surface area contributed by atoms with Crippen LogP contribution in [0.5, 0.6) is 0 Å². The highest BCUT2D eigenvalue weighted by molar-refractivity contribution is 5.78. The Labute approximate surface area is 149 Å². The molecule has 1 aromatic carbocycles. The van der Waals surface area contributed by atoms with Crippen molar-refractivity contribution in [1.82, 2.24) is 15.0 Å². The van der Waals surface area contributed by atoms with Gasteiger partial charge in [-0.3, -0.25) is 4.79 Å². The van der Waals surface area contributed by atoms with Crippen LogP contribution >= 0.6 is 0 Å². The lowest BCUT2D eigenvalue weighted by atomic mass is 9.96. The Morgan fingerprint density at radius 2 is 2.00 bits per heavy atom. The second kappa shape index (κ2) is 6.41. The third kappa shape index (κ3) is 3.73. The molecule has 3 rings (SSSR count). The number of halogens is 3. The smallest absolute Gasteiger partial charge is 0.337 e. The number of carbonyl (C=O) groups is 1. The molecule has 2 heterocycles. The van der Waals surface area contributed by atoms with E-state index in [-0.39, 0.29) is 17.9 Å². The number of hydrogen-bond donors (Lipinski definition) is 0. The number of amides is 1. The predicted octanol–water partition coefficient (Wildman–Crippen LogP) is 4.25. The van der Waals surface area contributed by atoms with Gasteiger partial charge in [0.25, 0.3) is 0 Å². The van der Waals surface area contributed by atoms with Gasteiger partial charge < -0.3 is 9.42 Å². The maximum atomic E-state index is 12.9. The molecule has 1 aliphatic rings. The van der Waals surface area contributed by atoms with Gasteiger partial charge in [0.1, 0.15) is 6.04 Å². The van der Waals surface area contributed by atoms with Crippen molar-refractivity contribution >= 4 is 5.91 Å². The molecule has 0 saturated carbocycles. The van der Waals surface area contributed by atoms with Crippen LogP contribution < -0.4 is 0 Å². The largest absolute Gasteiger partial charge is 0.416 e. The molecule has 1 unspecified atom stereocenters. The van der Waals surface area contributed by atoms with Crippen LogP contribution in [0.2, 0.25) is 0 Å². The highest BCUT2D eigenvalue weighted by atomic mass is 19.4. The molecule has 0 aliphatic carbocycles. The van der Waals surface area contributed by atoms with Crippen molar-refractivity contribution in [2.75, 3.05) is 0 Å². The zero-order valence-electron chi connectivity index (χ0n) is 14.8. The summed E-state index contributed by atoms with van der Waals surface area (Å²) in [5.74, 6) is 0.724. The van der Waals surface area contributed by atoms with Crippen molar-refractivity contribution in [3.05, 3.63) is 47.1 Å². The van der Waals surface area contributed by atoms with Gasteiger partial charge in [-0.15, -0.1) is 0 Å². The Bertz CT molecular complexity index is 808. The molecule has 1 fully saturated rings. The molecule has 1 aliphatic heterocycles. The van der Waals surface area contributed by atoms with Crippen LogP contribution in [-0.4, -0.2) is 20.9 Å². The SMILES string of the molecule is CC(C)(C)c1noc(C2CCC(=O)N2Cc2cccc(C(F)(F)F)c2)n1. The monoisotopic (exact) mass is 367 g/mol. The Morgan fingerprint density at radius 3 is 2.62 bits per heavy atom. The number of hydrogen-bond acceptors (Lipinski definition) is 4. The van der Waals surface area contributed by atoms with E-state index in [0.717, 1.165) is 12.1 Å². The number of likely N-dealkylation sites (tertiary alicyclic amines) is 1. The third-order valence-electron chi connectivity index (χ3n) is 4.33. The first kappa shape index (κ1) is 18.4. The Morgan fingerprint density at radius 1 is 1.27 bits per heavy atom. The number of rotatable bonds is 3. The van der Waals surface area contributed by atoms with E-state index in [4.69, 9.17) is 4.52 Å². The Hall–Kier alpha value is -2.38. The fourth-order valence-electron chi connectivity index (χ4n) is 2.91. The van der Waals surface area contributed by atoms with Crippen molar-refractivity contribution in [3.8, 4) is 0 Å². The van der Waals surface area contributed by atoms with Crippen molar-refractivity contribution in [1.29, 1.82) is 0 Å². The summed E-state index contributed by atoms with van der Waals surface area (Å²) in [6.45, 7) is 5.91. The van der Waals surface area contributed by atoms with Gasteiger partial charge in [0.15, 0.2) is 5.82 Å².